The molecular weight excluding hydrogens is 308 g/mol. The van der Waals surface area contributed by atoms with Crippen LogP contribution in [0.2, 0.25) is 0 Å². The van der Waals surface area contributed by atoms with E-state index in [2.05, 4.69) is 35.1 Å². The first-order chi connectivity index (χ1) is 8.95. The fraction of sp³-hybridized carbons (Fsp3) is 0.500. The summed E-state index contributed by atoms with van der Waals surface area (Å²) < 4.78 is 6.37. The fourth-order valence-corrected chi connectivity index (χ4v) is 2.00. The number of hydrogen-bond donors (Lipinski definition) is 2. The molecule has 1 atom stereocenters. The minimum atomic E-state index is -0.125. The van der Waals surface area contributed by atoms with E-state index in [4.69, 9.17) is 10.5 Å². The van der Waals surface area contributed by atoms with E-state index in [1.807, 2.05) is 25.1 Å². The number of carbonyl (C=O) groups is 1. The van der Waals surface area contributed by atoms with Gasteiger partial charge in [-0.05, 0) is 34.8 Å². The number of hydrogen-bond acceptors (Lipinski definition) is 3. The number of nitrogens with one attached hydrogen (secondary N) is 1. The average Bonchev–Trinajstić information content (AvgIpc) is 2.36. The summed E-state index contributed by atoms with van der Waals surface area (Å²) >= 11 is 3.40. The van der Waals surface area contributed by atoms with Gasteiger partial charge in [0.05, 0.1) is 4.47 Å². The SMILES string of the molecule is CC(C)C(C)NC(=O)COc1c(Br)cccc1CN. The molecule has 3 N–H and O–H groups in total. The summed E-state index contributed by atoms with van der Waals surface area (Å²) in [6, 6.07) is 5.77. The van der Waals surface area contributed by atoms with Crippen molar-refractivity contribution in [1.82, 2.24) is 5.32 Å². The third-order valence-corrected chi connectivity index (χ3v) is 3.63. The Morgan fingerprint density at radius 3 is 2.68 bits per heavy atom. The number of nitrogens with two attached hydrogens (primary N) is 1. The van der Waals surface area contributed by atoms with Gasteiger partial charge in [-0.3, -0.25) is 4.79 Å². The van der Waals surface area contributed by atoms with Crippen molar-refractivity contribution in [2.75, 3.05) is 6.61 Å². The first kappa shape index (κ1) is 16.0. The zero-order chi connectivity index (χ0) is 14.4. The van der Waals surface area contributed by atoms with Crippen LogP contribution in [0, 0.1) is 5.92 Å². The topological polar surface area (TPSA) is 64.3 Å². The molecule has 0 fully saturated rings. The van der Waals surface area contributed by atoms with Crippen molar-refractivity contribution >= 4 is 21.8 Å². The molecule has 0 aliphatic heterocycles. The van der Waals surface area contributed by atoms with Gasteiger partial charge in [0.1, 0.15) is 5.75 Å². The van der Waals surface area contributed by atoms with Crippen molar-refractivity contribution < 1.29 is 9.53 Å². The Hall–Kier alpha value is -1.07. The molecular formula is C14H21BrN2O2. The fourth-order valence-electron chi connectivity index (χ4n) is 1.48. The molecule has 0 aliphatic carbocycles. The van der Waals surface area contributed by atoms with Crippen molar-refractivity contribution in [1.29, 1.82) is 0 Å². The zero-order valence-electron chi connectivity index (χ0n) is 11.6. The standard InChI is InChI=1S/C14H21BrN2O2/c1-9(2)10(3)17-13(18)8-19-14-11(7-16)5-4-6-12(14)15/h4-6,9-10H,7-8,16H2,1-3H3,(H,17,18). The van der Waals surface area contributed by atoms with E-state index in [-0.39, 0.29) is 18.6 Å². The van der Waals surface area contributed by atoms with Gasteiger partial charge in [-0.25, -0.2) is 0 Å². The van der Waals surface area contributed by atoms with Crippen LogP contribution in [0.4, 0.5) is 0 Å². The van der Waals surface area contributed by atoms with Crippen molar-refractivity contribution in [2.45, 2.75) is 33.4 Å². The highest BCUT2D eigenvalue weighted by atomic mass is 79.9. The van der Waals surface area contributed by atoms with Gasteiger partial charge in [-0.2, -0.15) is 0 Å². The first-order valence-electron chi connectivity index (χ1n) is 6.35. The summed E-state index contributed by atoms with van der Waals surface area (Å²) in [6.07, 6.45) is 0. The molecule has 1 amide bonds. The van der Waals surface area contributed by atoms with Gasteiger partial charge >= 0.3 is 0 Å². The monoisotopic (exact) mass is 328 g/mol. The maximum atomic E-state index is 11.8. The summed E-state index contributed by atoms with van der Waals surface area (Å²) in [5, 5.41) is 2.90. The maximum absolute atomic E-state index is 11.8. The minimum Gasteiger partial charge on any atom is -0.482 e. The second kappa shape index (κ2) is 7.50. The Labute approximate surface area is 122 Å². The Kier molecular flexibility index (Phi) is 6.31. The largest absolute Gasteiger partial charge is 0.482 e. The number of para-hydroxylation sites is 1. The maximum Gasteiger partial charge on any atom is 0.258 e. The molecule has 0 aliphatic rings. The van der Waals surface area contributed by atoms with Crippen LogP contribution in [-0.4, -0.2) is 18.6 Å². The van der Waals surface area contributed by atoms with Crippen molar-refractivity contribution in [2.24, 2.45) is 11.7 Å². The van der Waals surface area contributed by atoms with Crippen molar-refractivity contribution in [3.8, 4) is 5.75 Å². The number of amides is 1. The third-order valence-electron chi connectivity index (χ3n) is 3.00. The molecule has 5 heteroatoms. The molecule has 1 aromatic carbocycles. The predicted molar refractivity (Wildman–Crippen MR) is 80.0 cm³/mol. The lowest BCUT2D eigenvalue weighted by Gasteiger charge is -2.18. The summed E-state index contributed by atoms with van der Waals surface area (Å²) in [7, 11) is 0. The summed E-state index contributed by atoms with van der Waals surface area (Å²) in [5.74, 6) is 0.907. The minimum absolute atomic E-state index is 0.00727. The molecule has 0 radical (unpaired) electrons. The van der Waals surface area contributed by atoms with Gasteiger partial charge < -0.3 is 15.8 Å². The number of rotatable bonds is 6. The van der Waals surface area contributed by atoms with Crippen LogP contribution in [0.3, 0.4) is 0 Å². The predicted octanol–water partition coefficient (Wildman–Crippen LogP) is 2.45. The van der Waals surface area contributed by atoms with Gasteiger partial charge in [0.2, 0.25) is 0 Å². The number of halogens is 1. The quantitative estimate of drug-likeness (QED) is 0.843. The molecule has 4 nitrogen and oxygen atoms in total. The zero-order valence-corrected chi connectivity index (χ0v) is 13.2. The Morgan fingerprint density at radius 1 is 1.42 bits per heavy atom. The molecule has 1 rings (SSSR count). The highest BCUT2D eigenvalue weighted by molar-refractivity contribution is 9.10. The summed E-state index contributed by atoms with van der Waals surface area (Å²) in [5.41, 5.74) is 6.52. The molecule has 0 aromatic heterocycles. The van der Waals surface area contributed by atoms with E-state index in [0.717, 1.165) is 10.0 Å². The smallest absolute Gasteiger partial charge is 0.258 e. The van der Waals surface area contributed by atoms with Crippen LogP contribution >= 0.6 is 15.9 Å². The molecule has 0 bridgehead atoms. The highest BCUT2D eigenvalue weighted by Crippen LogP contribution is 2.28. The average molecular weight is 329 g/mol. The molecule has 1 aromatic rings. The van der Waals surface area contributed by atoms with Gasteiger partial charge in [0.25, 0.3) is 5.91 Å². The molecule has 0 saturated carbocycles. The molecule has 0 heterocycles. The van der Waals surface area contributed by atoms with E-state index in [1.54, 1.807) is 0 Å². The van der Waals surface area contributed by atoms with E-state index in [0.29, 0.717) is 18.2 Å². The van der Waals surface area contributed by atoms with Gasteiger partial charge in [0, 0.05) is 18.2 Å². The Balaban J connectivity index is 2.60. The van der Waals surface area contributed by atoms with Gasteiger partial charge in [0.15, 0.2) is 6.61 Å². The van der Waals surface area contributed by atoms with E-state index < -0.39 is 0 Å². The van der Waals surface area contributed by atoms with Crippen LogP contribution in [0.25, 0.3) is 0 Å². The lowest BCUT2D eigenvalue weighted by molar-refractivity contribution is -0.124. The van der Waals surface area contributed by atoms with E-state index >= 15 is 0 Å². The van der Waals surface area contributed by atoms with E-state index in [1.165, 1.54) is 0 Å². The summed E-state index contributed by atoms with van der Waals surface area (Å²) in [4.78, 5) is 11.8. The second-order valence-corrected chi connectivity index (χ2v) is 5.68. The van der Waals surface area contributed by atoms with Crippen LogP contribution in [0.5, 0.6) is 5.75 Å². The van der Waals surface area contributed by atoms with E-state index in [9.17, 15) is 4.79 Å². The van der Waals surface area contributed by atoms with Crippen molar-refractivity contribution in [3.63, 3.8) is 0 Å². The van der Waals surface area contributed by atoms with Crippen molar-refractivity contribution in [3.05, 3.63) is 28.2 Å². The normalized spacial score (nSPS) is 12.3. The Morgan fingerprint density at radius 2 is 2.11 bits per heavy atom. The van der Waals surface area contributed by atoms with Crippen LogP contribution in [-0.2, 0) is 11.3 Å². The number of ether oxygens (including phenoxy) is 1. The molecule has 19 heavy (non-hydrogen) atoms. The summed E-state index contributed by atoms with van der Waals surface area (Å²) in [6.45, 7) is 6.47. The molecule has 0 saturated heterocycles. The Bertz CT molecular complexity index is 435. The molecule has 1 unspecified atom stereocenters. The molecule has 0 spiro atoms. The highest BCUT2D eigenvalue weighted by Gasteiger charge is 2.13. The number of benzene rings is 1. The van der Waals surface area contributed by atoms with Crippen LogP contribution < -0.4 is 15.8 Å². The first-order valence-corrected chi connectivity index (χ1v) is 7.14. The second-order valence-electron chi connectivity index (χ2n) is 4.82. The lowest BCUT2D eigenvalue weighted by atomic mass is 10.1. The van der Waals surface area contributed by atoms with Gasteiger partial charge in [-0.1, -0.05) is 26.0 Å². The van der Waals surface area contributed by atoms with Crippen LogP contribution in [0.15, 0.2) is 22.7 Å². The lowest BCUT2D eigenvalue weighted by Crippen LogP contribution is -2.39. The molecule has 106 valence electrons. The number of carbonyl (C=O) groups excluding carboxylic acids is 1. The van der Waals surface area contributed by atoms with Gasteiger partial charge in [-0.15, -0.1) is 0 Å². The third kappa shape index (κ3) is 4.84. The van der Waals surface area contributed by atoms with Crippen LogP contribution in [0.1, 0.15) is 26.3 Å².